The molecule has 5 nitrogen and oxygen atoms in total. The molecule has 0 radical (unpaired) electrons. The number of carboxylic acid groups (broad SMARTS) is 1. The molecule has 0 aromatic heterocycles. The highest BCUT2D eigenvalue weighted by Gasteiger charge is 2.36. The Balaban J connectivity index is 2.02. The van der Waals surface area contributed by atoms with Crippen LogP contribution in [0.5, 0.6) is 5.75 Å². The lowest BCUT2D eigenvalue weighted by Gasteiger charge is -2.32. The first kappa shape index (κ1) is 15.1. The van der Waals surface area contributed by atoms with Crippen LogP contribution in [0.3, 0.4) is 0 Å². The monoisotopic (exact) mass is 303 g/mol. The number of ether oxygens (including phenoxy) is 1. The molecule has 0 saturated heterocycles. The maximum Gasteiger partial charge on any atom is 0.573 e. The Bertz CT molecular complexity index is 553. The van der Waals surface area contributed by atoms with Gasteiger partial charge in [0, 0.05) is 6.04 Å². The molecular weight excluding hydrogens is 291 g/mol. The van der Waals surface area contributed by atoms with Crippen molar-refractivity contribution in [2.24, 2.45) is 5.92 Å². The van der Waals surface area contributed by atoms with Crippen LogP contribution in [0.2, 0.25) is 0 Å². The summed E-state index contributed by atoms with van der Waals surface area (Å²) < 4.78 is 40.5. The molecule has 0 heterocycles. The minimum Gasteiger partial charge on any atom is -0.481 e. The van der Waals surface area contributed by atoms with Crippen molar-refractivity contribution in [2.45, 2.75) is 25.2 Å². The van der Waals surface area contributed by atoms with Crippen LogP contribution in [-0.4, -0.2) is 29.4 Å². The quantitative estimate of drug-likeness (QED) is 0.894. The van der Waals surface area contributed by atoms with Gasteiger partial charge in [0.2, 0.25) is 0 Å². The average molecular weight is 303 g/mol. The van der Waals surface area contributed by atoms with Crippen LogP contribution in [0.1, 0.15) is 23.2 Å². The topological polar surface area (TPSA) is 75.6 Å². The van der Waals surface area contributed by atoms with E-state index in [1.165, 1.54) is 18.2 Å². The fourth-order valence-electron chi connectivity index (χ4n) is 2.07. The molecule has 1 aliphatic rings. The minimum atomic E-state index is -4.89. The van der Waals surface area contributed by atoms with Gasteiger partial charge in [0.15, 0.2) is 0 Å². The van der Waals surface area contributed by atoms with Crippen LogP contribution in [-0.2, 0) is 4.79 Å². The Morgan fingerprint density at radius 1 is 1.24 bits per heavy atom. The summed E-state index contributed by atoms with van der Waals surface area (Å²) >= 11 is 0. The van der Waals surface area contributed by atoms with Crippen molar-refractivity contribution in [2.75, 3.05) is 0 Å². The number of carbonyl (C=O) groups is 2. The summed E-state index contributed by atoms with van der Waals surface area (Å²) in [6, 6.07) is 4.64. The molecule has 0 bridgehead atoms. The molecular formula is C13H12F3NO4. The Hall–Kier alpha value is -2.25. The summed E-state index contributed by atoms with van der Waals surface area (Å²) in [4.78, 5) is 22.6. The molecule has 0 spiro atoms. The zero-order chi connectivity index (χ0) is 15.6. The minimum absolute atomic E-state index is 0.242. The van der Waals surface area contributed by atoms with Gasteiger partial charge in [0.25, 0.3) is 5.91 Å². The van der Waals surface area contributed by atoms with Gasteiger partial charge in [-0.25, -0.2) is 0 Å². The first-order valence-electron chi connectivity index (χ1n) is 6.14. The van der Waals surface area contributed by atoms with Gasteiger partial charge < -0.3 is 15.2 Å². The highest BCUT2D eigenvalue weighted by atomic mass is 19.4. The second kappa shape index (κ2) is 5.63. The van der Waals surface area contributed by atoms with Crippen molar-refractivity contribution in [1.29, 1.82) is 0 Å². The van der Waals surface area contributed by atoms with Crippen LogP contribution >= 0.6 is 0 Å². The number of benzene rings is 1. The summed E-state index contributed by atoms with van der Waals surface area (Å²) in [6.45, 7) is 0. The van der Waals surface area contributed by atoms with Crippen LogP contribution in [0, 0.1) is 5.92 Å². The van der Waals surface area contributed by atoms with Gasteiger partial charge in [-0.05, 0) is 25.0 Å². The number of aliphatic carboxylic acids is 1. The van der Waals surface area contributed by atoms with Crippen molar-refractivity contribution in [3.8, 4) is 5.75 Å². The van der Waals surface area contributed by atoms with Gasteiger partial charge in [-0.3, -0.25) is 9.59 Å². The zero-order valence-electron chi connectivity index (χ0n) is 10.7. The highest BCUT2D eigenvalue weighted by Crippen LogP contribution is 2.29. The predicted molar refractivity (Wildman–Crippen MR) is 64.7 cm³/mol. The van der Waals surface area contributed by atoms with Crippen molar-refractivity contribution >= 4 is 11.9 Å². The first-order chi connectivity index (χ1) is 9.76. The third-order valence-corrected chi connectivity index (χ3v) is 3.18. The predicted octanol–water partition coefficient (Wildman–Crippen LogP) is 2.18. The number of carbonyl (C=O) groups excluding carboxylic acids is 1. The Morgan fingerprint density at radius 2 is 1.86 bits per heavy atom. The van der Waals surface area contributed by atoms with E-state index in [1.54, 1.807) is 0 Å². The zero-order valence-corrected chi connectivity index (χ0v) is 10.7. The normalized spacial score (nSPS) is 21.3. The maximum absolute atomic E-state index is 12.2. The fraction of sp³-hybridized carbons (Fsp3) is 0.385. The number of amides is 1. The molecule has 2 rings (SSSR count). The third kappa shape index (κ3) is 3.87. The van der Waals surface area contributed by atoms with Gasteiger partial charge in [-0.15, -0.1) is 13.2 Å². The van der Waals surface area contributed by atoms with Gasteiger partial charge in [0.1, 0.15) is 5.75 Å². The van der Waals surface area contributed by atoms with Crippen LogP contribution in [0.15, 0.2) is 24.3 Å². The van der Waals surface area contributed by atoms with Crippen LogP contribution in [0.4, 0.5) is 13.2 Å². The number of halogens is 3. The van der Waals surface area contributed by atoms with E-state index in [9.17, 15) is 22.8 Å². The highest BCUT2D eigenvalue weighted by molar-refractivity contribution is 5.97. The molecule has 1 aromatic rings. The first-order valence-corrected chi connectivity index (χ1v) is 6.14. The van der Waals surface area contributed by atoms with Crippen molar-refractivity contribution in [1.82, 2.24) is 5.32 Å². The molecule has 21 heavy (non-hydrogen) atoms. The standard InChI is InChI=1S/C13H12F3NO4/c14-13(15,16)21-10-4-2-1-3-9(10)11(18)17-8-5-7(6-8)12(19)20/h1-4,7-8H,5-6H2,(H,17,18)(H,19,20). The molecule has 1 aromatic carbocycles. The largest absolute Gasteiger partial charge is 0.573 e. The number of para-hydroxylation sites is 1. The van der Waals surface area contributed by atoms with Gasteiger partial charge >= 0.3 is 12.3 Å². The molecule has 8 heteroatoms. The number of nitrogens with one attached hydrogen (secondary N) is 1. The van der Waals surface area contributed by atoms with E-state index in [0.29, 0.717) is 0 Å². The Morgan fingerprint density at radius 3 is 2.43 bits per heavy atom. The van der Waals surface area contributed by atoms with Gasteiger partial charge in [-0.2, -0.15) is 0 Å². The fourth-order valence-corrected chi connectivity index (χ4v) is 2.07. The molecule has 2 N–H and O–H groups in total. The molecule has 1 aliphatic carbocycles. The van der Waals surface area contributed by atoms with E-state index in [4.69, 9.17) is 5.11 Å². The van der Waals surface area contributed by atoms with Crippen molar-refractivity contribution in [3.63, 3.8) is 0 Å². The summed E-state index contributed by atoms with van der Waals surface area (Å²) in [7, 11) is 0. The van der Waals surface area contributed by atoms with E-state index < -0.39 is 29.9 Å². The maximum atomic E-state index is 12.2. The second-order valence-electron chi connectivity index (χ2n) is 4.72. The summed E-state index contributed by atoms with van der Waals surface area (Å²) in [5.41, 5.74) is -0.242. The van der Waals surface area contributed by atoms with E-state index in [0.717, 1.165) is 6.07 Å². The number of hydrogen-bond acceptors (Lipinski definition) is 3. The van der Waals surface area contributed by atoms with Crippen LogP contribution in [0.25, 0.3) is 0 Å². The Kier molecular flexibility index (Phi) is 4.06. The average Bonchev–Trinajstić information content (AvgIpc) is 2.31. The number of alkyl halides is 3. The SMILES string of the molecule is O=C(NC1CC(C(=O)O)C1)c1ccccc1OC(F)(F)F. The van der Waals surface area contributed by atoms with Crippen molar-refractivity contribution < 1.29 is 32.6 Å². The molecule has 0 aliphatic heterocycles. The Labute approximate surface area is 117 Å². The van der Waals surface area contributed by atoms with Crippen molar-refractivity contribution in [3.05, 3.63) is 29.8 Å². The number of rotatable bonds is 4. The summed E-state index contributed by atoms with van der Waals surface area (Å²) in [6.07, 6.45) is -4.35. The van der Waals surface area contributed by atoms with Gasteiger partial charge in [-0.1, -0.05) is 12.1 Å². The lowest BCUT2D eigenvalue weighted by atomic mass is 9.80. The molecule has 0 atom stereocenters. The van der Waals surface area contributed by atoms with E-state index >= 15 is 0 Å². The third-order valence-electron chi connectivity index (χ3n) is 3.18. The molecule has 0 unspecified atom stereocenters. The smallest absolute Gasteiger partial charge is 0.481 e. The lowest BCUT2D eigenvalue weighted by molar-refractivity contribution is -0.274. The number of hydrogen-bond donors (Lipinski definition) is 2. The molecule has 1 saturated carbocycles. The van der Waals surface area contributed by atoms with E-state index in [2.05, 4.69) is 10.1 Å². The number of carboxylic acids is 1. The van der Waals surface area contributed by atoms with Gasteiger partial charge in [0.05, 0.1) is 11.5 Å². The molecule has 114 valence electrons. The van der Waals surface area contributed by atoms with E-state index in [-0.39, 0.29) is 24.4 Å². The summed E-state index contributed by atoms with van der Waals surface area (Å²) in [5, 5.41) is 11.2. The van der Waals surface area contributed by atoms with Crippen LogP contribution < -0.4 is 10.1 Å². The molecule has 1 amide bonds. The lowest BCUT2D eigenvalue weighted by Crippen LogP contribution is -2.46. The second-order valence-corrected chi connectivity index (χ2v) is 4.72. The van der Waals surface area contributed by atoms with E-state index in [1.807, 2.05) is 0 Å². The molecule has 1 fully saturated rings. The summed E-state index contributed by atoms with van der Waals surface area (Å²) in [5.74, 6) is -2.77.